The first-order valence-corrected chi connectivity index (χ1v) is 8.27. The lowest BCUT2D eigenvalue weighted by atomic mass is 9.57. The molecule has 24 heavy (non-hydrogen) atoms. The van der Waals surface area contributed by atoms with Crippen molar-refractivity contribution in [2.75, 3.05) is 25.6 Å². The van der Waals surface area contributed by atoms with E-state index in [-0.39, 0.29) is 30.2 Å². The minimum atomic E-state index is -0.118. The lowest BCUT2D eigenvalue weighted by Gasteiger charge is -2.57. The molecular formula is C19H24N2O3. The summed E-state index contributed by atoms with van der Waals surface area (Å²) in [5.41, 5.74) is 0.670. The van der Waals surface area contributed by atoms with Crippen LogP contribution in [0.15, 0.2) is 24.3 Å². The van der Waals surface area contributed by atoms with Crippen LogP contribution in [0.5, 0.6) is 5.75 Å². The van der Waals surface area contributed by atoms with Gasteiger partial charge in [0.2, 0.25) is 0 Å². The Morgan fingerprint density at radius 3 is 3.08 bits per heavy atom. The maximum atomic E-state index is 12.6. The summed E-state index contributed by atoms with van der Waals surface area (Å²) < 4.78 is 11.2. The minimum absolute atomic E-state index is 0.0228. The molecule has 1 aromatic rings. The van der Waals surface area contributed by atoms with Gasteiger partial charge in [0.25, 0.3) is 0 Å². The van der Waals surface area contributed by atoms with E-state index >= 15 is 0 Å². The topological polar surface area (TPSA) is 50.8 Å². The number of benzene rings is 1. The molecule has 0 aromatic heterocycles. The number of rotatable bonds is 4. The Labute approximate surface area is 143 Å². The average molecular weight is 328 g/mol. The van der Waals surface area contributed by atoms with Crippen molar-refractivity contribution in [2.45, 2.75) is 32.4 Å². The second kappa shape index (κ2) is 6.37. The van der Waals surface area contributed by atoms with Gasteiger partial charge in [-0.05, 0) is 18.6 Å². The zero-order chi connectivity index (χ0) is 17.3. The first-order valence-electron chi connectivity index (χ1n) is 8.27. The van der Waals surface area contributed by atoms with Crippen LogP contribution in [-0.2, 0) is 4.74 Å². The molecule has 5 heteroatoms. The van der Waals surface area contributed by atoms with Crippen molar-refractivity contribution in [3.8, 4) is 18.1 Å². The lowest BCUT2D eigenvalue weighted by molar-refractivity contribution is -0.137. The number of hydrogen-bond donors (Lipinski definition) is 1. The molecule has 1 aromatic carbocycles. The quantitative estimate of drug-likeness (QED) is 0.865. The minimum Gasteiger partial charge on any atom is -0.481 e. The summed E-state index contributed by atoms with van der Waals surface area (Å²) >= 11 is 0. The van der Waals surface area contributed by atoms with Crippen molar-refractivity contribution in [1.29, 1.82) is 0 Å². The van der Waals surface area contributed by atoms with E-state index in [1.165, 1.54) is 0 Å². The van der Waals surface area contributed by atoms with Crippen LogP contribution in [0.3, 0.4) is 0 Å². The summed E-state index contributed by atoms with van der Waals surface area (Å²) in [6.07, 6.45) is 6.48. The number of amides is 2. The largest absolute Gasteiger partial charge is 0.481 e. The molecule has 1 heterocycles. The van der Waals surface area contributed by atoms with Gasteiger partial charge < -0.3 is 19.7 Å². The van der Waals surface area contributed by atoms with Gasteiger partial charge in [-0.2, -0.15) is 0 Å². The standard InChI is InChI=1S/C19H24N2O3/c1-5-10-23-14-8-6-7-13(12-14)20-18(22)21(4)16-15-9-11-24-17(15)19(16,2)3/h1,6-8,12,15-17H,9-11H2,2-4H3,(H,20,22)/t15-,16+,17-/m0/s1. The van der Waals surface area contributed by atoms with Crippen LogP contribution in [0, 0.1) is 23.7 Å². The van der Waals surface area contributed by atoms with Crippen molar-refractivity contribution >= 4 is 11.7 Å². The summed E-state index contributed by atoms with van der Waals surface area (Å²) in [5.74, 6) is 3.50. The second-order valence-electron chi connectivity index (χ2n) is 7.07. The highest BCUT2D eigenvalue weighted by molar-refractivity contribution is 5.89. The number of fused-ring (bicyclic) bond motifs is 1. The first-order chi connectivity index (χ1) is 11.4. The molecule has 1 N–H and O–H groups in total. The molecule has 2 fully saturated rings. The van der Waals surface area contributed by atoms with Crippen LogP contribution in [0.2, 0.25) is 0 Å². The summed E-state index contributed by atoms with van der Waals surface area (Å²) in [7, 11) is 1.86. The van der Waals surface area contributed by atoms with Gasteiger partial charge in [0, 0.05) is 42.8 Å². The molecule has 2 amide bonds. The molecule has 0 spiro atoms. The molecule has 1 saturated heterocycles. The molecule has 0 radical (unpaired) electrons. The van der Waals surface area contributed by atoms with E-state index in [0.717, 1.165) is 13.0 Å². The number of anilines is 1. The molecule has 5 nitrogen and oxygen atoms in total. The fourth-order valence-corrected chi connectivity index (χ4v) is 4.21. The second-order valence-corrected chi connectivity index (χ2v) is 7.07. The third kappa shape index (κ3) is 2.83. The summed E-state index contributed by atoms with van der Waals surface area (Å²) in [6.45, 7) is 5.33. The smallest absolute Gasteiger partial charge is 0.321 e. The number of nitrogens with one attached hydrogen (secondary N) is 1. The van der Waals surface area contributed by atoms with E-state index < -0.39 is 0 Å². The third-order valence-electron chi connectivity index (χ3n) is 5.18. The Bertz CT molecular complexity index is 665. The van der Waals surface area contributed by atoms with Crippen molar-refractivity contribution < 1.29 is 14.3 Å². The van der Waals surface area contributed by atoms with Gasteiger partial charge >= 0.3 is 6.03 Å². The molecule has 0 unspecified atom stereocenters. The van der Waals surface area contributed by atoms with Gasteiger partial charge in [-0.25, -0.2) is 4.79 Å². The van der Waals surface area contributed by atoms with Crippen LogP contribution in [0.1, 0.15) is 20.3 Å². The fraction of sp³-hybridized carbons (Fsp3) is 0.526. The zero-order valence-corrected chi connectivity index (χ0v) is 14.4. The summed E-state index contributed by atoms with van der Waals surface area (Å²) in [6, 6.07) is 7.32. The SMILES string of the molecule is C#CCOc1cccc(NC(=O)N(C)[C@@H]2[C@@H]3CCO[C@@H]3C2(C)C)c1. The number of ether oxygens (including phenoxy) is 2. The van der Waals surface area contributed by atoms with Crippen molar-refractivity contribution in [1.82, 2.24) is 4.90 Å². The predicted octanol–water partition coefficient (Wildman–Crippen LogP) is 2.98. The zero-order valence-electron chi connectivity index (χ0n) is 14.4. The third-order valence-corrected chi connectivity index (χ3v) is 5.18. The summed E-state index contributed by atoms with van der Waals surface area (Å²) in [4.78, 5) is 14.5. The van der Waals surface area contributed by atoms with Gasteiger partial charge in [0.15, 0.2) is 0 Å². The van der Waals surface area contributed by atoms with Gasteiger partial charge in [-0.1, -0.05) is 25.8 Å². The molecule has 1 aliphatic carbocycles. The highest BCUT2D eigenvalue weighted by Crippen LogP contribution is 2.54. The predicted molar refractivity (Wildman–Crippen MR) is 93.0 cm³/mol. The van der Waals surface area contributed by atoms with Crippen LogP contribution in [-0.4, -0.2) is 43.3 Å². The highest BCUT2D eigenvalue weighted by Gasteiger charge is 2.61. The Hall–Kier alpha value is -2.19. The number of urea groups is 1. The Morgan fingerprint density at radius 1 is 1.54 bits per heavy atom. The molecule has 2 aliphatic rings. The molecule has 1 saturated carbocycles. The Balaban J connectivity index is 1.66. The van der Waals surface area contributed by atoms with E-state index in [0.29, 0.717) is 17.4 Å². The van der Waals surface area contributed by atoms with Gasteiger partial charge in [-0.3, -0.25) is 0 Å². The maximum absolute atomic E-state index is 12.6. The monoisotopic (exact) mass is 328 g/mol. The molecule has 3 rings (SSSR count). The molecule has 3 atom stereocenters. The van der Waals surface area contributed by atoms with E-state index in [2.05, 4.69) is 25.1 Å². The maximum Gasteiger partial charge on any atom is 0.321 e. The van der Waals surface area contributed by atoms with Crippen molar-refractivity contribution in [3.63, 3.8) is 0 Å². The molecular weight excluding hydrogens is 304 g/mol. The van der Waals surface area contributed by atoms with E-state index in [1.807, 2.05) is 30.1 Å². The molecule has 0 bridgehead atoms. The number of carbonyl (C=O) groups excluding carboxylic acids is 1. The molecule has 128 valence electrons. The highest BCUT2D eigenvalue weighted by atomic mass is 16.5. The van der Waals surface area contributed by atoms with Gasteiger partial charge in [-0.15, -0.1) is 6.42 Å². The Kier molecular flexibility index (Phi) is 4.42. The van der Waals surface area contributed by atoms with Gasteiger partial charge in [0.05, 0.1) is 6.10 Å². The number of carbonyl (C=O) groups is 1. The van der Waals surface area contributed by atoms with Crippen molar-refractivity contribution in [2.24, 2.45) is 11.3 Å². The number of hydrogen-bond acceptors (Lipinski definition) is 3. The van der Waals surface area contributed by atoms with Crippen LogP contribution in [0.25, 0.3) is 0 Å². The lowest BCUT2D eigenvalue weighted by Crippen LogP contribution is -2.67. The first kappa shape index (κ1) is 16.7. The van der Waals surface area contributed by atoms with Gasteiger partial charge in [0.1, 0.15) is 12.4 Å². The fourth-order valence-electron chi connectivity index (χ4n) is 4.21. The van der Waals surface area contributed by atoms with E-state index in [4.69, 9.17) is 15.9 Å². The normalized spacial score (nSPS) is 26.7. The van der Waals surface area contributed by atoms with Crippen LogP contribution >= 0.6 is 0 Å². The Morgan fingerprint density at radius 2 is 2.33 bits per heavy atom. The molecule has 1 aliphatic heterocycles. The summed E-state index contributed by atoms with van der Waals surface area (Å²) in [5, 5.41) is 2.94. The van der Waals surface area contributed by atoms with Crippen molar-refractivity contribution in [3.05, 3.63) is 24.3 Å². The van der Waals surface area contributed by atoms with E-state index in [9.17, 15) is 4.79 Å². The average Bonchev–Trinajstić information content (AvgIpc) is 2.99. The van der Waals surface area contributed by atoms with Crippen LogP contribution in [0.4, 0.5) is 10.5 Å². The van der Waals surface area contributed by atoms with E-state index in [1.54, 1.807) is 6.07 Å². The number of terminal acetylenes is 1. The van der Waals surface area contributed by atoms with Crippen LogP contribution < -0.4 is 10.1 Å². The number of nitrogens with zero attached hydrogens (tertiary/aromatic N) is 1.